The van der Waals surface area contributed by atoms with E-state index in [0.717, 1.165) is 55.3 Å². The number of aromatic amines is 2. The van der Waals surface area contributed by atoms with Crippen molar-refractivity contribution in [1.29, 1.82) is 5.26 Å². The molecule has 0 saturated carbocycles. The minimum Gasteiger partial charge on any atom is -0.361 e. The van der Waals surface area contributed by atoms with Crippen molar-refractivity contribution in [2.75, 3.05) is 0 Å². The summed E-state index contributed by atoms with van der Waals surface area (Å²) in [6.07, 6.45) is 3.80. The predicted octanol–water partition coefficient (Wildman–Crippen LogP) is 6.73. The van der Waals surface area contributed by atoms with Crippen molar-refractivity contribution < 1.29 is 0 Å². The van der Waals surface area contributed by atoms with Crippen LogP contribution in [0.1, 0.15) is 19.4 Å². The van der Waals surface area contributed by atoms with E-state index < -0.39 is 5.41 Å². The van der Waals surface area contributed by atoms with Crippen LogP contribution < -0.4 is 0 Å². The topological polar surface area (TPSA) is 81.2 Å². The first kappa shape index (κ1) is 19.3. The standard InChI is InChI=1S/C28H21N5/c1-28(2,16-29)21-7-3-17(4-8-21)27-26-22-14-19(6-10-24(22)31-15-25(26)32-33-27)18-5-9-23-20(13-18)11-12-30-23/h3-15,30H,1-2H3,(H,32,33). The first-order valence-electron chi connectivity index (χ1n) is 10.9. The molecule has 0 spiro atoms. The number of benzene rings is 3. The van der Waals surface area contributed by atoms with Gasteiger partial charge in [0.15, 0.2) is 0 Å². The third-order valence-electron chi connectivity index (χ3n) is 6.44. The van der Waals surface area contributed by atoms with Crippen LogP contribution in [-0.2, 0) is 5.41 Å². The summed E-state index contributed by atoms with van der Waals surface area (Å²) < 4.78 is 0. The molecule has 0 radical (unpaired) electrons. The molecule has 6 rings (SSSR count). The molecule has 2 N–H and O–H groups in total. The van der Waals surface area contributed by atoms with E-state index in [0.29, 0.717) is 0 Å². The number of rotatable bonds is 3. The van der Waals surface area contributed by atoms with Gasteiger partial charge in [-0.25, -0.2) is 0 Å². The zero-order valence-corrected chi connectivity index (χ0v) is 18.3. The smallest absolute Gasteiger partial charge is 0.101 e. The van der Waals surface area contributed by atoms with Gasteiger partial charge in [0, 0.05) is 28.0 Å². The lowest BCUT2D eigenvalue weighted by Gasteiger charge is -2.15. The van der Waals surface area contributed by atoms with Crippen molar-refractivity contribution in [3.63, 3.8) is 0 Å². The molecule has 0 aliphatic heterocycles. The van der Waals surface area contributed by atoms with Crippen molar-refractivity contribution in [1.82, 2.24) is 20.2 Å². The van der Waals surface area contributed by atoms with E-state index in [4.69, 9.17) is 0 Å². The Morgan fingerprint density at radius 2 is 1.61 bits per heavy atom. The molecule has 0 saturated heterocycles. The molecule has 3 aromatic carbocycles. The van der Waals surface area contributed by atoms with Crippen LogP contribution in [0.15, 0.2) is 79.1 Å². The van der Waals surface area contributed by atoms with Crippen molar-refractivity contribution in [2.45, 2.75) is 19.3 Å². The average molecular weight is 428 g/mol. The van der Waals surface area contributed by atoms with Crippen molar-refractivity contribution in [2.24, 2.45) is 0 Å². The summed E-state index contributed by atoms with van der Waals surface area (Å²) >= 11 is 0. The average Bonchev–Trinajstić information content (AvgIpc) is 3.50. The van der Waals surface area contributed by atoms with E-state index in [1.165, 1.54) is 5.39 Å². The third-order valence-corrected chi connectivity index (χ3v) is 6.44. The molecule has 5 nitrogen and oxygen atoms in total. The minimum atomic E-state index is -0.530. The zero-order valence-electron chi connectivity index (χ0n) is 18.3. The second kappa shape index (κ2) is 7.04. The van der Waals surface area contributed by atoms with E-state index >= 15 is 0 Å². The van der Waals surface area contributed by atoms with Crippen LogP contribution in [0.2, 0.25) is 0 Å². The number of nitrogens with one attached hydrogen (secondary N) is 2. The fourth-order valence-corrected chi connectivity index (χ4v) is 4.44. The largest absolute Gasteiger partial charge is 0.361 e. The molecule has 158 valence electrons. The number of nitriles is 1. The van der Waals surface area contributed by atoms with Gasteiger partial charge < -0.3 is 4.98 Å². The van der Waals surface area contributed by atoms with Gasteiger partial charge in [0.05, 0.1) is 28.7 Å². The summed E-state index contributed by atoms with van der Waals surface area (Å²) in [4.78, 5) is 7.89. The maximum absolute atomic E-state index is 9.45. The first-order valence-corrected chi connectivity index (χ1v) is 10.9. The monoisotopic (exact) mass is 427 g/mol. The fourth-order valence-electron chi connectivity index (χ4n) is 4.44. The van der Waals surface area contributed by atoms with Gasteiger partial charge in [0.1, 0.15) is 5.69 Å². The molecule has 33 heavy (non-hydrogen) atoms. The Kier molecular flexibility index (Phi) is 4.11. The van der Waals surface area contributed by atoms with E-state index in [2.05, 4.69) is 68.7 Å². The number of aromatic nitrogens is 4. The Morgan fingerprint density at radius 3 is 2.42 bits per heavy atom. The Bertz CT molecular complexity index is 1690. The van der Waals surface area contributed by atoms with Crippen LogP contribution in [0.4, 0.5) is 0 Å². The summed E-state index contributed by atoms with van der Waals surface area (Å²) in [5, 5.41) is 20.5. The van der Waals surface area contributed by atoms with Crippen LogP contribution in [0.3, 0.4) is 0 Å². The van der Waals surface area contributed by atoms with Gasteiger partial charge in [-0.1, -0.05) is 36.4 Å². The normalized spacial score (nSPS) is 11.9. The molecule has 5 heteroatoms. The fraction of sp³-hybridized carbons (Fsp3) is 0.107. The molecule has 0 bridgehead atoms. The predicted molar refractivity (Wildman–Crippen MR) is 133 cm³/mol. The molecule has 0 atom stereocenters. The lowest BCUT2D eigenvalue weighted by atomic mass is 9.86. The molecular formula is C28H21N5. The molecule has 0 amide bonds. The number of hydrogen-bond acceptors (Lipinski definition) is 3. The van der Waals surface area contributed by atoms with Gasteiger partial charge in [-0.05, 0) is 66.3 Å². The highest BCUT2D eigenvalue weighted by molar-refractivity contribution is 6.12. The van der Waals surface area contributed by atoms with Gasteiger partial charge >= 0.3 is 0 Å². The van der Waals surface area contributed by atoms with Crippen LogP contribution in [0.25, 0.3) is 55.1 Å². The summed E-state index contributed by atoms with van der Waals surface area (Å²) in [7, 11) is 0. The Hall–Kier alpha value is -4.43. The highest BCUT2D eigenvalue weighted by atomic mass is 15.1. The lowest BCUT2D eigenvalue weighted by Crippen LogP contribution is -2.13. The quantitative estimate of drug-likeness (QED) is 0.329. The highest BCUT2D eigenvalue weighted by Crippen LogP contribution is 2.35. The van der Waals surface area contributed by atoms with Gasteiger partial charge in [-0.15, -0.1) is 0 Å². The number of fused-ring (bicyclic) bond motifs is 4. The minimum absolute atomic E-state index is 0.530. The van der Waals surface area contributed by atoms with E-state index in [-0.39, 0.29) is 0 Å². The van der Waals surface area contributed by atoms with Crippen LogP contribution in [-0.4, -0.2) is 20.2 Å². The maximum atomic E-state index is 9.45. The van der Waals surface area contributed by atoms with Crippen molar-refractivity contribution in [3.05, 3.63) is 84.7 Å². The second-order valence-corrected chi connectivity index (χ2v) is 8.94. The van der Waals surface area contributed by atoms with Crippen LogP contribution in [0.5, 0.6) is 0 Å². The van der Waals surface area contributed by atoms with Crippen molar-refractivity contribution >= 4 is 32.7 Å². The summed E-state index contributed by atoms with van der Waals surface area (Å²) in [5.74, 6) is 0. The second-order valence-electron chi connectivity index (χ2n) is 8.94. The summed E-state index contributed by atoms with van der Waals surface area (Å²) in [6, 6.07) is 25.4. The van der Waals surface area contributed by atoms with E-state index in [1.807, 2.05) is 50.5 Å². The molecule has 0 aliphatic carbocycles. The molecule has 0 unspecified atom stereocenters. The number of H-pyrrole nitrogens is 2. The van der Waals surface area contributed by atoms with Crippen LogP contribution >= 0.6 is 0 Å². The zero-order chi connectivity index (χ0) is 22.6. The van der Waals surface area contributed by atoms with Gasteiger partial charge in [-0.2, -0.15) is 10.4 Å². The lowest BCUT2D eigenvalue weighted by molar-refractivity contribution is 0.687. The summed E-state index contributed by atoms with van der Waals surface area (Å²) in [6.45, 7) is 3.86. The molecule has 0 aliphatic rings. The van der Waals surface area contributed by atoms with E-state index in [9.17, 15) is 5.26 Å². The van der Waals surface area contributed by atoms with Crippen LogP contribution in [0, 0.1) is 11.3 Å². The number of pyridine rings is 1. The Balaban J connectivity index is 1.53. The molecule has 3 heterocycles. The Morgan fingerprint density at radius 1 is 0.848 bits per heavy atom. The van der Waals surface area contributed by atoms with Gasteiger partial charge in [-0.3, -0.25) is 10.1 Å². The number of hydrogen-bond donors (Lipinski definition) is 2. The van der Waals surface area contributed by atoms with E-state index in [1.54, 1.807) is 0 Å². The maximum Gasteiger partial charge on any atom is 0.101 e. The third kappa shape index (κ3) is 3.07. The van der Waals surface area contributed by atoms with Crippen molar-refractivity contribution in [3.8, 4) is 28.5 Å². The highest BCUT2D eigenvalue weighted by Gasteiger charge is 2.20. The van der Waals surface area contributed by atoms with Gasteiger partial charge in [0.2, 0.25) is 0 Å². The molecule has 3 aromatic heterocycles. The molecule has 6 aromatic rings. The summed E-state index contributed by atoms with van der Waals surface area (Å²) in [5.41, 5.74) is 7.61. The van der Waals surface area contributed by atoms with Gasteiger partial charge in [0.25, 0.3) is 0 Å². The number of nitrogens with zero attached hydrogens (tertiary/aromatic N) is 3. The molecule has 0 fully saturated rings. The first-order chi connectivity index (χ1) is 16.0. The SMILES string of the molecule is CC(C)(C#N)c1ccc(-c2n[nH]c3cnc4ccc(-c5ccc6[nH]ccc6c5)cc4c23)cc1. The Labute approximate surface area is 190 Å². The molecular weight excluding hydrogens is 406 g/mol.